The molecule has 1 fully saturated rings. The second kappa shape index (κ2) is 7.99. The van der Waals surface area contributed by atoms with Gasteiger partial charge in [0.05, 0.1) is 25.3 Å². The molecule has 0 spiro atoms. The molecule has 0 saturated carbocycles. The van der Waals surface area contributed by atoms with Gasteiger partial charge in [0, 0.05) is 0 Å². The van der Waals surface area contributed by atoms with Crippen molar-refractivity contribution in [3.8, 4) is 0 Å². The highest BCUT2D eigenvalue weighted by Crippen LogP contribution is 2.37. The molecule has 0 N–H and O–H groups in total. The van der Waals surface area contributed by atoms with E-state index in [1.54, 1.807) is 11.8 Å². The van der Waals surface area contributed by atoms with Crippen molar-refractivity contribution in [3.63, 3.8) is 0 Å². The molecule has 116 valence electrons. The molecule has 0 aliphatic carbocycles. The van der Waals surface area contributed by atoms with Gasteiger partial charge in [0.1, 0.15) is 11.7 Å². The molecule has 4 heteroatoms. The molecule has 3 atom stereocenters. The second-order valence-electron chi connectivity index (χ2n) is 5.43. The number of hydrogen-bond donors (Lipinski definition) is 0. The van der Waals surface area contributed by atoms with Crippen molar-refractivity contribution < 1.29 is 14.2 Å². The molecular formula is C17H24O3S. The van der Waals surface area contributed by atoms with E-state index in [1.165, 1.54) is 5.56 Å². The lowest BCUT2D eigenvalue weighted by Gasteiger charge is -2.07. The van der Waals surface area contributed by atoms with Crippen molar-refractivity contribution in [3.05, 3.63) is 48.0 Å². The van der Waals surface area contributed by atoms with Crippen molar-refractivity contribution in [2.45, 2.75) is 38.3 Å². The number of thioether (sulfide) groups is 1. The summed E-state index contributed by atoms with van der Waals surface area (Å²) in [6.45, 7) is 5.38. The van der Waals surface area contributed by atoms with Crippen LogP contribution in [0.5, 0.6) is 0 Å². The van der Waals surface area contributed by atoms with Gasteiger partial charge >= 0.3 is 0 Å². The lowest BCUT2D eigenvalue weighted by molar-refractivity contribution is 0.104. The Hall–Kier alpha value is -0.810. The second-order valence-corrected chi connectivity index (χ2v) is 6.24. The predicted octanol–water partition coefficient (Wildman–Crippen LogP) is 3.64. The average molecular weight is 308 g/mol. The molecule has 0 aromatic heterocycles. The molecule has 1 aromatic rings. The third-order valence-electron chi connectivity index (χ3n) is 3.51. The Kier molecular flexibility index (Phi) is 6.30. The molecular weight excluding hydrogens is 284 g/mol. The maximum atomic E-state index is 5.72. The Morgan fingerprint density at radius 2 is 2.14 bits per heavy atom. The lowest BCUT2D eigenvalue weighted by Crippen LogP contribution is -2.13. The monoisotopic (exact) mass is 308 g/mol. The zero-order chi connectivity index (χ0) is 15.1. The van der Waals surface area contributed by atoms with Crippen LogP contribution in [0, 0.1) is 0 Å². The van der Waals surface area contributed by atoms with Crippen molar-refractivity contribution in [2.24, 2.45) is 0 Å². The predicted molar refractivity (Wildman–Crippen MR) is 87.4 cm³/mol. The van der Waals surface area contributed by atoms with Crippen LogP contribution in [0.3, 0.4) is 0 Å². The molecule has 1 heterocycles. The highest BCUT2D eigenvalue weighted by Gasteiger charge is 2.50. The molecule has 1 aromatic carbocycles. The summed E-state index contributed by atoms with van der Waals surface area (Å²) >= 11 is 1.68. The van der Waals surface area contributed by atoms with Gasteiger partial charge in [-0.1, -0.05) is 42.5 Å². The molecule has 0 unspecified atom stereocenters. The van der Waals surface area contributed by atoms with Crippen LogP contribution in [-0.4, -0.2) is 36.6 Å². The molecule has 1 saturated heterocycles. The van der Waals surface area contributed by atoms with Gasteiger partial charge in [0.15, 0.2) is 0 Å². The maximum Gasteiger partial charge on any atom is 0.114 e. The summed E-state index contributed by atoms with van der Waals surface area (Å²) in [6, 6.07) is 10.2. The van der Waals surface area contributed by atoms with Crippen molar-refractivity contribution in [2.75, 3.05) is 18.8 Å². The van der Waals surface area contributed by atoms with Gasteiger partial charge in [-0.15, -0.1) is 11.8 Å². The summed E-state index contributed by atoms with van der Waals surface area (Å²) < 4.78 is 17.0. The number of benzene rings is 1. The summed E-state index contributed by atoms with van der Waals surface area (Å²) in [5.41, 5.74) is 0.989. The largest absolute Gasteiger partial charge is 0.374 e. The van der Waals surface area contributed by atoms with E-state index < -0.39 is 0 Å². The van der Waals surface area contributed by atoms with E-state index in [1.807, 2.05) is 31.4 Å². The minimum absolute atomic E-state index is 0.115. The summed E-state index contributed by atoms with van der Waals surface area (Å²) in [6.07, 6.45) is 6.44. The maximum absolute atomic E-state index is 5.72. The van der Waals surface area contributed by atoms with E-state index in [0.717, 1.165) is 0 Å². The Bertz CT molecular complexity index is 449. The van der Waals surface area contributed by atoms with Gasteiger partial charge in [0.25, 0.3) is 0 Å². The number of rotatable bonds is 9. The summed E-state index contributed by atoms with van der Waals surface area (Å²) in [5, 5.41) is 0. The van der Waals surface area contributed by atoms with Crippen LogP contribution >= 0.6 is 11.8 Å². The highest BCUT2D eigenvalue weighted by molar-refractivity contribution is 7.98. The molecule has 1 aliphatic rings. The van der Waals surface area contributed by atoms with Gasteiger partial charge < -0.3 is 14.2 Å². The molecule has 21 heavy (non-hydrogen) atoms. The average Bonchev–Trinajstić information content (AvgIpc) is 3.15. The quantitative estimate of drug-likeness (QED) is 0.396. The molecule has 2 rings (SSSR count). The zero-order valence-electron chi connectivity index (χ0n) is 13.0. The first kappa shape index (κ1) is 16.6. The van der Waals surface area contributed by atoms with E-state index in [4.69, 9.17) is 14.2 Å². The zero-order valence-corrected chi connectivity index (χ0v) is 13.8. The van der Waals surface area contributed by atoms with Gasteiger partial charge in [-0.2, -0.15) is 0 Å². The third-order valence-corrected chi connectivity index (χ3v) is 3.88. The third kappa shape index (κ3) is 5.47. The Balaban J connectivity index is 1.67. The van der Waals surface area contributed by atoms with Crippen molar-refractivity contribution in [1.82, 2.24) is 0 Å². The normalized spacial score (nSPS) is 26.1. The van der Waals surface area contributed by atoms with E-state index in [2.05, 4.69) is 31.2 Å². The standard InChI is InChI=1S/C17H24O3S/c1-14(19-13-21-3)9-10-17(2)16(20-17)12-18-11-15-7-5-4-6-8-15/h4-10,14,16H,11-13H2,1-3H3/b10-9+/t14-,16-,17+/m1/s1. The fourth-order valence-corrected chi connectivity index (χ4v) is 2.38. The van der Waals surface area contributed by atoms with E-state index in [0.29, 0.717) is 19.2 Å². The number of epoxide rings is 1. The first-order valence-corrected chi connectivity index (χ1v) is 8.63. The first-order valence-electron chi connectivity index (χ1n) is 7.23. The van der Waals surface area contributed by atoms with Gasteiger partial charge in [-0.3, -0.25) is 0 Å². The molecule has 1 aliphatic heterocycles. The smallest absolute Gasteiger partial charge is 0.114 e. The molecule has 0 amide bonds. The van der Waals surface area contributed by atoms with E-state index >= 15 is 0 Å². The Labute approximate surface area is 131 Å². The summed E-state index contributed by atoms with van der Waals surface area (Å²) in [7, 11) is 0. The van der Waals surface area contributed by atoms with Gasteiger partial charge in [-0.25, -0.2) is 0 Å². The van der Waals surface area contributed by atoms with Crippen LogP contribution in [0.25, 0.3) is 0 Å². The van der Waals surface area contributed by atoms with Gasteiger partial charge in [0.2, 0.25) is 0 Å². The minimum Gasteiger partial charge on any atom is -0.374 e. The number of ether oxygens (including phenoxy) is 3. The van der Waals surface area contributed by atoms with Crippen LogP contribution in [-0.2, 0) is 20.8 Å². The SMILES string of the molecule is CSCO[C@H](C)/C=C/[C@]1(C)O[C@@H]1COCc1ccccc1. The highest BCUT2D eigenvalue weighted by atomic mass is 32.2. The first-order chi connectivity index (χ1) is 10.1. The summed E-state index contributed by atoms with van der Waals surface area (Å²) in [5.74, 6) is 0.715. The fourth-order valence-electron chi connectivity index (χ4n) is 2.03. The van der Waals surface area contributed by atoms with Gasteiger partial charge in [-0.05, 0) is 25.7 Å². The Morgan fingerprint density at radius 3 is 2.86 bits per heavy atom. The summed E-state index contributed by atoms with van der Waals surface area (Å²) in [4.78, 5) is 0. The van der Waals surface area contributed by atoms with Crippen molar-refractivity contribution >= 4 is 11.8 Å². The minimum atomic E-state index is -0.201. The molecule has 0 bridgehead atoms. The topological polar surface area (TPSA) is 31.0 Å². The fraction of sp³-hybridized carbons (Fsp3) is 0.529. The Morgan fingerprint density at radius 1 is 1.38 bits per heavy atom. The van der Waals surface area contributed by atoms with Crippen LogP contribution in [0.1, 0.15) is 19.4 Å². The van der Waals surface area contributed by atoms with Crippen LogP contribution < -0.4 is 0 Å². The lowest BCUT2D eigenvalue weighted by atomic mass is 10.1. The van der Waals surface area contributed by atoms with E-state index in [-0.39, 0.29) is 17.8 Å². The van der Waals surface area contributed by atoms with Crippen LogP contribution in [0.15, 0.2) is 42.5 Å². The molecule has 3 nitrogen and oxygen atoms in total. The van der Waals surface area contributed by atoms with Crippen LogP contribution in [0.2, 0.25) is 0 Å². The van der Waals surface area contributed by atoms with Crippen LogP contribution in [0.4, 0.5) is 0 Å². The van der Waals surface area contributed by atoms with E-state index in [9.17, 15) is 0 Å². The molecule has 0 radical (unpaired) electrons. The van der Waals surface area contributed by atoms with Crippen molar-refractivity contribution in [1.29, 1.82) is 0 Å². The number of hydrogen-bond acceptors (Lipinski definition) is 4.